The summed E-state index contributed by atoms with van der Waals surface area (Å²) < 4.78 is 4.94. The molecular formula is C13H17N3O2. The molecule has 3 heterocycles. The summed E-state index contributed by atoms with van der Waals surface area (Å²) in [5, 5.41) is 3.39. The van der Waals surface area contributed by atoms with Crippen LogP contribution in [0.2, 0.25) is 0 Å². The summed E-state index contributed by atoms with van der Waals surface area (Å²) in [5.74, 6) is 1.16. The average Bonchev–Trinajstić information content (AvgIpc) is 2.86. The molecule has 3 rings (SSSR count). The smallest absolute Gasteiger partial charge is 0.415 e. The minimum Gasteiger partial charge on any atom is -0.447 e. The van der Waals surface area contributed by atoms with Gasteiger partial charge in [0.1, 0.15) is 12.4 Å². The van der Waals surface area contributed by atoms with Gasteiger partial charge in [0.15, 0.2) is 0 Å². The van der Waals surface area contributed by atoms with Gasteiger partial charge in [-0.1, -0.05) is 6.07 Å². The van der Waals surface area contributed by atoms with Gasteiger partial charge in [-0.2, -0.15) is 0 Å². The van der Waals surface area contributed by atoms with Crippen molar-refractivity contribution >= 4 is 11.9 Å². The minimum absolute atomic E-state index is 0.290. The Morgan fingerprint density at radius 1 is 1.44 bits per heavy atom. The normalized spacial score (nSPS) is 24.1. The maximum atomic E-state index is 11.5. The third kappa shape index (κ3) is 2.18. The molecule has 0 radical (unpaired) electrons. The van der Waals surface area contributed by atoms with Crippen molar-refractivity contribution in [2.24, 2.45) is 0 Å². The summed E-state index contributed by atoms with van der Waals surface area (Å²) in [7, 11) is 0. The van der Waals surface area contributed by atoms with E-state index in [1.807, 2.05) is 18.2 Å². The highest BCUT2D eigenvalue weighted by molar-refractivity contribution is 5.88. The van der Waals surface area contributed by atoms with Crippen molar-refractivity contribution in [1.29, 1.82) is 0 Å². The first-order valence-corrected chi connectivity index (χ1v) is 6.46. The molecule has 1 aromatic rings. The van der Waals surface area contributed by atoms with Gasteiger partial charge >= 0.3 is 6.09 Å². The van der Waals surface area contributed by atoms with E-state index in [0.29, 0.717) is 24.9 Å². The zero-order valence-corrected chi connectivity index (χ0v) is 10.3. The monoisotopic (exact) mass is 247 g/mol. The van der Waals surface area contributed by atoms with Crippen molar-refractivity contribution in [3.63, 3.8) is 0 Å². The number of pyridine rings is 1. The molecule has 5 heteroatoms. The molecule has 5 nitrogen and oxygen atoms in total. The predicted octanol–water partition coefficient (Wildman–Crippen LogP) is 1.51. The van der Waals surface area contributed by atoms with E-state index in [1.165, 1.54) is 6.42 Å². The molecule has 96 valence electrons. The summed E-state index contributed by atoms with van der Waals surface area (Å²) in [6.45, 7) is 3.11. The lowest BCUT2D eigenvalue weighted by Gasteiger charge is -2.23. The number of piperidine rings is 1. The fourth-order valence-corrected chi connectivity index (χ4v) is 2.52. The SMILES string of the molecule is O=C1OCCN1c1cccc([C@@H]2CCCNC2)n1. The van der Waals surface area contributed by atoms with Crippen LogP contribution in [0.4, 0.5) is 10.6 Å². The molecule has 1 amide bonds. The van der Waals surface area contributed by atoms with Crippen LogP contribution in [0.15, 0.2) is 18.2 Å². The molecular weight excluding hydrogens is 230 g/mol. The van der Waals surface area contributed by atoms with E-state index in [9.17, 15) is 4.79 Å². The second-order valence-electron chi connectivity index (χ2n) is 4.73. The highest BCUT2D eigenvalue weighted by atomic mass is 16.6. The molecule has 1 aromatic heterocycles. The summed E-state index contributed by atoms with van der Waals surface area (Å²) in [6.07, 6.45) is 2.05. The number of aromatic nitrogens is 1. The van der Waals surface area contributed by atoms with Crippen LogP contribution in [0, 0.1) is 0 Å². The Morgan fingerprint density at radius 3 is 3.11 bits per heavy atom. The van der Waals surface area contributed by atoms with Crippen LogP contribution in [0.1, 0.15) is 24.5 Å². The van der Waals surface area contributed by atoms with Crippen molar-refractivity contribution in [3.8, 4) is 0 Å². The Morgan fingerprint density at radius 2 is 2.39 bits per heavy atom. The van der Waals surface area contributed by atoms with Crippen LogP contribution in [0.5, 0.6) is 0 Å². The Kier molecular flexibility index (Phi) is 3.15. The lowest BCUT2D eigenvalue weighted by molar-refractivity contribution is 0.181. The lowest BCUT2D eigenvalue weighted by Crippen LogP contribution is -2.29. The summed E-state index contributed by atoms with van der Waals surface area (Å²) >= 11 is 0. The molecule has 18 heavy (non-hydrogen) atoms. The summed E-state index contributed by atoms with van der Waals surface area (Å²) in [5.41, 5.74) is 1.07. The number of nitrogens with zero attached hydrogens (tertiary/aromatic N) is 2. The molecule has 2 fully saturated rings. The van der Waals surface area contributed by atoms with Gasteiger partial charge in [0.05, 0.1) is 6.54 Å². The first-order chi connectivity index (χ1) is 8.84. The summed E-state index contributed by atoms with van der Waals surface area (Å²) in [6, 6.07) is 5.88. The van der Waals surface area contributed by atoms with E-state index < -0.39 is 0 Å². The maximum absolute atomic E-state index is 11.5. The van der Waals surface area contributed by atoms with Gasteiger partial charge in [-0.3, -0.25) is 4.90 Å². The molecule has 0 bridgehead atoms. The van der Waals surface area contributed by atoms with E-state index in [-0.39, 0.29) is 6.09 Å². The van der Waals surface area contributed by atoms with Gasteiger partial charge in [0.2, 0.25) is 0 Å². The van der Waals surface area contributed by atoms with Crippen molar-refractivity contribution in [3.05, 3.63) is 23.9 Å². The number of carbonyl (C=O) groups is 1. The predicted molar refractivity (Wildman–Crippen MR) is 67.8 cm³/mol. The van der Waals surface area contributed by atoms with Crippen LogP contribution in [0.25, 0.3) is 0 Å². The third-order valence-corrected chi connectivity index (χ3v) is 3.51. The van der Waals surface area contributed by atoms with E-state index in [0.717, 1.165) is 25.2 Å². The van der Waals surface area contributed by atoms with Crippen molar-refractivity contribution in [1.82, 2.24) is 10.3 Å². The third-order valence-electron chi connectivity index (χ3n) is 3.51. The standard InChI is InChI=1S/C13H17N3O2/c17-13-16(7-8-18-13)12-5-1-4-11(15-12)10-3-2-6-14-9-10/h1,4-5,10,14H,2-3,6-9H2/t10-/m1/s1. The van der Waals surface area contributed by atoms with Crippen molar-refractivity contribution in [2.45, 2.75) is 18.8 Å². The molecule has 2 saturated heterocycles. The van der Waals surface area contributed by atoms with Crippen LogP contribution in [-0.4, -0.2) is 37.3 Å². The quantitative estimate of drug-likeness (QED) is 0.860. The first-order valence-electron chi connectivity index (χ1n) is 6.46. The van der Waals surface area contributed by atoms with Crippen LogP contribution >= 0.6 is 0 Å². The number of hydrogen-bond donors (Lipinski definition) is 1. The van der Waals surface area contributed by atoms with E-state index in [2.05, 4.69) is 10.3 Å². The molecule has 2 aliphatic rings. The Bertz CT molecular complexity index is 444. The van der Waals surface area contributed by atoms with Crippen molar-refractivity contribution < 1.29 is 9.53 Å². The molecule has 1 atom stereocenters. The van der Waals surface area contributed by atoms with E-state index in [1.54, 1.807) is 4.90 Å². The van der Waals surface area contributed by atoms with Crippen molar-refractivity contribution in [2.75, 3.05) is 31.1 Å². The molecule has 0 saturated carbocycles. The van der Waals surface area contributed by atoms with Crippen LogP contribution in [0.3, 0.4) is 0 Å². The average molecular weight is 247 g/mol. The molecule has 1 N–H and O–H groups in total. The second kappa shape index (κ2) is 4.94. The van der Waals surface area contributed by atoms with E-state index >= 15 is 0 Å². The summed E-state index contributed by atoms with van der Waals surface area (Å²) in [4.78, 5) is 17.7. The highest BCUT2D eigenvalue weighted by Gasteiger charge is 2.25. The lowest BCUT2D eigenvalue weighted by atomic mass is 9.96. The van der Waals surface area contributed by atoms with E-state index in [4.69, 9.17) is 4.74 Å². The molecule has 0 aliphatic carbocycles. The van der Waals surface area contributed by atoms with Gasteiger partial charge in [-0.25, -0.2) is 9.78 Å². The minimum atomic E-state index is -0.290. The number of amides is 1. The maximum Gasteiger partial charge on any atom is 0.415 e. The number of cyclic esters (lactones) is 1. The number of ether oxygens (including phenoxy) is 1. The van der Waals surface area contributed by atoms with Gasteiger partial charge in [0.25, 0.3) is 0 Å². The van der Waals surface area contributed by atoms with Gasteiger partial charge in [-0.15, -0.1) is 0 Å². The molecule has 0 aromatic carbocycles. The topological polar surface area (TPSA) is 54.5 Å². The van der Waals surface area contributed by atoms with Gasteiger partial charge in [0, 0.05) is 18.2 Å². The zero-order valence-electron chi connectivity index (χ0n) is 10.3. The molecule has 0 spiro atoms. The Labute approximate surface area is 106 Å². The fraction of sp³-hybridized carbons (Fsp3) is 0.538. The molecule has 0 unspecified atom stereocenters. The number of rotatable bonds is 2. The van der Waals surface area contributed by atoms with Gasteiger partial charge in [-0.05, 0) is 31.5 Å². The highest BCUT2D eigenvalue weighted by Crippen LogP contribution is 2.24. The Balaban J connectivity index is 1.82. The number of anilines is 1. The number of nitrogens with one attached hydrogen (secondary N) is 1. The van der Waals surface area contributed by atoms with Gasteiger partial charge < -0.3 is 10.1 Å². The van der Waals surface area contributed by atoms with Crippen LogP contribution in [-0.2, 0) is 4.74 Å². The molecule has 2 aliphatic heterocycles. The number of carbonyl (C=O) groups excluding carboxylic acids is 1. The number of hydrogen-bond acceptors (Lipinski definition) is 4. The largest absolute Gasteiger partial charge is 0.447 e. The fourth-order valence-electron chi connectivity index (χ4n) is 2.52. The first kappa shape index (κ1) is 11.5. The second-order valence-corrected chi connectivity index (χ2v) is 4.73. The zero-order chi connectivity index (χ0) is 12.4. The Hall–Kier alpha value is -1.62. The van der Waals surface area contributed by atoms with Crippen LogP contribution < -0.4 is 10.2 Å².